The average Bonchev–Trinajstić information content (AvgIpc) is 2.57. The molecule has 15 heavy (non-hydrogen) atoms. The van der Waals surface area contributed by atoms with E-state index in [1.165, 1.54) is 22.0 Å². The number of nitrogens with two attached hydrogens (primary N) is 1. The summed E-state index contributed by atoms with van der Waals surface area (Å²) in [6.45, 7) is 4.18. The molecule has 2 aromatic rings. The molecule has 0 aliphatic carbocycles. The zero-order chi connectivity index (χ0) is 10.8. The van der Waals surface area contributed by atoms with Crippen LogP contribution in [0.3, 0.4) is 0 Å². The van der Waals surface area contributed by atoms with Gasteiger partial charge in [-0.05, 0) is 44.4 Å². The summed E-state index contributed by atoms with van der Waals surface area (Å²) in [6.07, 6.45) is 4.20. The molecule has 1 heterocycles. The second kappa shape index (κ2) is 4.07. The maximum Gasteiger partial charge on any atom is 0.0456 e. The van der Waals surface area contributed by atoms with Crippen molar-refractivity contribution in [1.29, 1.82) is 0 Å². The minimum Gasteiger partial charge on any atom is -0.361 e. The third kappa shape index (κ3) is 2.21. The fraction of sp³-hybridized carbons (Fsp3) is 0.385. The maximum absolute atomic E-state index is 5.77. The van der Waals surface area contributed by atoms with Crippen molar-refractivity contribution in [2.45, 2.75) is 32.7 Å². The molecule has 3 N–H and O–H groups in total. The van der Waals surface area contributed by atoms with Crippen LogP contribution in [0.2, 0.25) is 0 Å². The number of rotatable bonds is 3. The number of hydrogen-bond donors (Lipinski definition) is 2. The van der Waals surface area contributed by atoms with Crippen molar-refractivity contribution in [3.63, 3.8) is 0 Å². The lowest BCUT2D eigenvalue weighted by atomic mass is 10.0. The fourth-order valence-electron chi connectivity index (χ4n) is 1.88. The smallest absolute Gasteiger partial charge is 0.0456 e. The first-order chi connectivity index (χ1) is 7.16. The van der Waals surface area contributed by atoms with Gasteiger partial charge in [0, 0.05) is 23.1 Å². The molecule has 0 saturated carbocycles. The Morgan fingerprint density at radius 1 is 1.40 bits per heavy atom. The number of benzene rings is 1. The SMILES string of the molecule is Cc1ccc2[nH]cc(CCC(C)N)c2c1. The Balaban J connectivity index is 2.31. The van der Waals surface area contributed by atoms with Crippen LogP contribution in [0.5, 0.6) is 0 Å². The van der Waals surface area contributed by atoms with E-state index >= 15 is 0 Å². The molecule has 0 aliphatic heterocycles. The first kappa shape index (κ1) is 10.2. The molecule has 1 unspecified atom stereocenters. The molecule has 0 radical (unpaired) electrons. The van der Waals surface area contributed by atoms with E-state index in [2.05, 4.69) is 43.2 Å². The van der Waals surface area contributed by atoms with Crippen molar-refractivity contribution in [3.05, 3.63) is 35.5 Å². The normalized spacial score (nSPS) is 13.3. The van der Waals surface area contributed by atoms with Gasteiger partial charge in [-0.3, -0.25) is 0 Å². The van der Waals surface area contributed by atoms with Gasteiger partial charge >= 0.3 is 0 Å². The van der Waals surface area contributed by atoms with E-state index in [0.717, 1.165) is 12.8 Å². The van der Waals surface area contributed by atoms with Crippen molar-refractivity contribution >= 4 is 10.9 Å². The van der Waals surface area contributed by atoms with Gasteiger partial charge in [0.05, 0.1) is 0 Å². The molecule has 0 amide bonds. The van der Waals surface area contributed by atoms with Crippen LogP contribution in [0, 0.1) is 6.92 Å². The number of hydrogen-bond acceptors (Lipinski definition) is 1. The van der Waals surface area contributed by atoms with Crippen LogP contribution in [0.1, 0.15) is 24.5 Å². The second-order valence-electron chi connectivity index (χ2n) is 4.38. The predicted octanol–water partition coefficient (Wildman–Crippen LogP) is 2.76. The van der Waals surface area contributed by atoms with E-state index in [1.54, 1.807) is 0 Å². The molecule has 0 aliphatic rings. The highest BCUT2D eigenvalue weighted by Gasteiger charge is 2.04. The number of H-pyrrole nitrogens is 1. The minimum atomic E-state index is 0.278. The highest BCUT2D eigenvalue weighted by molar-refractivity contribution is 5.83. The lowest BCUT2D eigenvalue weighted by Crippen LogP contribution is -2.15. The van der Waals surface area contributed by atoms with E-state index < -0.39 is 0 Å². The summed E-state index contributed by atoms with van der Waals surface area (Å²) in [4.78, 5) is 3.30. The predicted molar refractivity (Wildman–Crippen MR) is 65.0 cm³/mol. The Bertz CT molecular complexity index is 455. The van der Waals surface area contributed by atoms with Crippen LogP contribution in [0.15, 0.2) is 24.4 Å². The van der Waals surface area contributed by atoms with E-state index in [9.17, 15) is 0 Å². The summed E-state index contributed by atoms with van der Waals surface area (Å²) < 4.78 is 0. The molecule has 2 heteroatoms. The van der Waals surface area contributed by atoms with Crippen molar-refractivity contribution in [2.24, 2.45) is 5.73 Å². The second-order valence-corrected chi connectivity index (χ2v) is 4.38. The highest BCUT2D eigenvalue weighted by atomic mass is 14.7. The third-order valence-electron chi connectivity index (χ3n) is 2.79. The molecule has 2 nitrogen and oxygen atoms in total. The maximum atomic E-state index is 5.77. The van der Waals surface area contributed by atoms with Crippen molar-refractivity contribution < 1.29 is 0 Å². The summed E-state index contributed by atoms with van der Waals surface area (Å²) in [6, 6.07) is 6.79. The van der Waals surface area contributed by atoms with E-state index in [1.807, 2.05) is 0 Å². The Morgan fingerprint density at radius 3 is 2.93 bits per heavy atom. The molecule has 1 aromatic heterocycles. The van der Waals surface area contributed by atoms with Gasteiger partial charge in [0.1, 0.15) is 0 Å². The molecule has 80 valence electrons. The summed E-state index contributed by atoms with van der Waals surface area (Å²) >= 11 is 0. The topological polar surface area (TPSA) is 41.8 Å². The van der Waals surface area contributed by atoms with Gasteiger partial charge in [-0.2, -0.15) is 0 Å². The number of aryl methyl sites for hydroxylation is 2. The molecular formula is C13H18N2. The standard InChI is InChI=1S/C13H18N2/c1-9-3-6-13-12(7-9)11(8-15-13)5-4-10(2)14/h3,6-8,10,15H,4-5,14H2,1-2H3. The lowest BCUT2D eigenvalue weighted by Gasteiger charge is -2.03. The van der Waals surface area contributed by atoms with Crippen LogP contribution in [0.4, 0.5) is 0 Å². The van der Waals surface area contributed by atoms with E-state index in [0.29, 0.717) is 0 Å². The summed E-state index contributed by atoms with van der Waals surface area (Å²) in [7, 11) is 0. The Kier molecular flexibility index (Phi) is 2.78. The van der Waals surface area contributed by atoms with Crippen LogP contribution in [-0.2, 0) is 6.42 Å². The molecule has 2 rings (SSSR count). The monoisotopic (exact) mass is 202 g/mol. The summed E-state index contributed by atoms with van der Waals surface area (Å²) in [5.41, 5.74) is 9.69. The van der Waals surface area contributed by atoms with Crippen LogP contribution < -0.4 is 5.73 Å². The lowest BCUT2D eigenvalue weighted by molar-refractivity contribution is 0.668. The third-order valence-corrected chi connectivity index (χ3v) is 2.79. The van der Waals surface area contributed by atoms with Gasteiger partial charge in [-0.25, -0.2) is 0 Å². The molecule has 0 saturated heterocycles. The van der Waals surface area contributed by atoms with Gasteiger partial charge in [-0.15, -0.1) is 0 Å². The molecular weight excluding hydrogens is 184 g/mol. The van der Waals surface area contributed by atoms with Gasteiger partial charge in [0.15, 0.2) is 0 Å². The van der Waals surface area contributed by atoms with Gasteiger partial charge in [-0.1, -0.05) is 11.6 Å². The first-order valence-electron chi connectivity index (χ1n) is 5.49. The van der Waals surface area contributed by atoms with Crippen LogP contribution in [0.25, 0.3) is 10.9 Å². The molecule has 1 aromatic carbocycles. The van der Waals surface area contributed by atoms with Crippen molar-refractivity contribution in [1.82, 2.24) is 4.98 Å². The Labute approximate surface area is 90.5 Å². The Hall–Kier alpha value is -1.28. The fourth-order valence-corrected chi connectivity index (χ4v) is 1.88. The van der Waals surface area contributed by atoms with E-state index in [4.69, 9.17) is 5.73 Å². The molecule has 1 atom stereocenters. The van der Waals surface area contributed by atoms with Gasteiger partial charge < -0.3 is 10.7 Å². The zero-order valence-electron chi connectivity index (χ0n) is 9.38. The van der Waals surface area contributed by atoms with Crippen LogP contribution >= 0.6 is 0 Å². The molecule has 0 bridgehead atoms. The van der Waals surface area contributed by atoms with Gasteiger partial charge in [0.2, 0.25) is 0 Å². The van der Waals surface area contributed by atoms with Gasteiger partial charge in [0.25, 0.3) is 0 Å². The average molecular weight is 202 g/mol. The number of fused-ring (bicyclic) bond motifs is 1. The number of nitrogens with one attached hydrogen (secondary N) is 1. The molecule has 0 spiro atoms. The highest BCUT2D eigenvalue weighted by Crippen LogP contribution is 2.20. The molecule has 0 fully saturated rings. The largest absolute Gasteiger partial charge is 0.361 e. The van der Waals surface area contributed by atoms with Crippen molar-refractivity contribution in [2.75, 3.05) is 0 Å². The minimum absolute atomic E-state index is 0.278. The van der Waals surface area contributed by atoms with E-state index in [-0.39, 0.29) is 6.04 Å². The Morgan fingerprint density at radius 2 is 2.20 bits per heavy atom. The van der Waals surface area contributed by atoms with Crippen LogP contribution in [-0.4, -0.2) is 11.0 Å². The van der Waals surface area contributed by atoms with Crippen molar-refractivity contribution in [3.8, 4) is 0 Å². The zero-order valence-corrected chi connectivity index (χ0v) is 9.38. The number of aromatic amines is 1. The summed E-state index contributed by atoms with van der Waals surface area (Å²) in [5.74, 6) is 0. The number of aromatic nitrogens is 1. The quantitative estimate of drug-likeness (QED) is 0.789. The first-order valence-corrected chi connectivity index (χ1v) is 5.49. The summed E-state index contributed by atoms with van der Waals surface area (Å²) in [5, 5.41) is 1.34.